The molecule has 0 bridgehead atoms. The maximum absolute atomic E-state index is 10.9. The molecule has 0 unspecified atom stereocenters. The van der Waals surface area contributed by atoms with Gasteiger partial charge in [0, 0.05) is 16.5 Å². The largest absolute Gasteiger partial charge is 0.480 e. The molecular formula is C22H19N3O2. The fraction of sp³-hybridized carbons (Fsp3) is 0.0909. The summed E-state index contributed by atoms with van der Waals surface area (Å²) in [6.45, 7) is 0. The van der Waals surface area contributed by atoms with Crippen LogP contribution < -0.4 is 11.1 Å². The lowest BCUT2D eigenvalue weighted by molar-refractivity contribution is -0.138. The molecular weight excluding hydrogens is 338 g/mol. The van der Waals surface area contributed by atoms with Crippen LogP contribution in [0, 0.1) is 0 Å². The highest BCUT2D eigenvalue weighted by molar-refractivity contribution is 6.08. The van der Waals surface area contributed by atoms with Crippen molar-refractivity contribution in [2.45, 2.75) is 12.5 Å². The first kappa shape index (κ1) is 17.0. The molecule has 0 saturated carbocycles. The number of hydrogen-bond donors (Lipinski definition) is 3. The van der Waals surface area contributed by atoms with Crippen LogP contribution in [0.1, 0.15) is 5.56 Å². The van der Waals surface area contributed by atoms with Crippen molar-refractivity contribution in [3.05, 3.63) is 78.4 Å². The number of fused-ring (bicyclic) bond motifs is 2. The molecule has 4 rings (SSSR count). The van der Waals surface area contributed by atoms with Gasteiger partial charge in [0.2, 0.25) is 0 Å². The fourth-order valence-corrected chi connectivity index (χ4v) is 3.18. The van der Waals surface area contributed by atoms with Gasteiger partial charge in [-0.15, -0.1) is 0 Å². The van der Waals surface area contributed by atoms with Crippen molar-refractivity contribution in [2.24, 2.45) is 5.73 Å². The summed E-state index contributed by atoms with van der Waals surface area (Å²) in [7, 11) is 0. The smallest absolute Gasteiger partial charge is 0.320 e. The number of aromatic nitrogens is 1. The summed E-state index contributed by atoms with van der Waals surface area (Å²) in [4.78, 5) is 15.7. The summed E-state index contributed by atoms with van der Waals surface area (Å²) in [5.41, 5.74) is 10.3. The zero-order valence-electron chi connectivity index (χ0n) is 14.6. The second kappa shape index (κ2) is 7.05. The molecule has 1 heterocycles. The number of benzene rings is 3. The molecule has 0 aliphatic rings. The summed E-state index contributed by atoms with van der Waals surface area (Å²) < 4.78 is 0. The van der Waals surface area contributed by atoms with Crippen LogP contribution in [0.15, 0.2) is 72.8 Å². The second-order valence-corrected chi connectivity index (χ2v) is 6.49. The third kappa shape index (κ3) is 3.45. The van der Waals surface area contributed by atoms with E-state index in [9.17, 15) is 4.79 Å². The number of nitrogens with one attached hydrogen (secondary N) is 1. The minimum absolute atomic E-state index is 0.302. The van der Waals surface area contributed by atoms with E-state index in [0.717, 1.165) is 38.7 Å². The predicted octanol–water partition coefficient (Wildman–Crippen LogP) is 4.09. The molecule has 0 saturated heterocycles. The van der Waals surface area contributed by atoms with Gasteiger partial charge in [0.25, 0.3) is 0 Å². The van der Waals surface area contributed by atoms with Crippen LogP contribution in [0.2, 0.25) is 0 Å². The van der Waals surface area contributed by atoms with Gasteiger partial charge in [-0.1, -0.05) is 48.5 Å². The molecule has 1 aromatic heterocycles. The number of hydrogen-bond acceptors (Lipinski definition) is 4. The number of nitrogens with zero attached hydrogens (tertiary/aromatic N) is 1. The van der Waals surface area contributed by atoms with Gasteiger partial charge >= 0.3 is 5.97 Å². The average molecular weight is 357 g/mol. The summed E-state index contributed by atoms with van der Waals surface area (Å²) in [6, 6.07) is 22.9. The Morgan fingerprint density at radius 1 is 0.926 bits per heavy atom. The average Bonchev–Trinajstić information content (AvgIpc) is 2.69. The van der Waals surface area contributed by atoms with Gasteiger partial charge in [0.1, 0.15) is 6.04 Å². The van der Waals surface area contributed by atoms with Gasteiger partial charge in [-0.2, -0.15) is 0 Å². The molecule has 0 aliphatic heterocycles. The number of nitrogens with two attached hydrogens (primary N) is 1. The number of pyridine rings is 1. The third-order valence-corrected chi connectivity index (χ3v) is 4.58. The van der Waals surface area contributed by atoms with Crippen LogP contribution in [-0.2, 0) is 11.2 Å². The molecule has 134 valence electrons. The van der Waals surface area contributed by atoms with E-state index in [1.807, 2.05) is 60.7 Å². The molecule has 0 amide bonds. The normalized spacial score (nSPS) is 12.2. The Morgan fingerprint density at radius 2 is 1.48 bits per heavy atom. The van der Waals surface area contributed by atoms with Gasteiger partial charge in [0.15, 0.2) is 0 Å². The van der Waals surface area contributed by atoms with E-state index in [1.165, 1.54) is 0 Å². The molecule has 3 aromatic carbocycles. The van der Waals surface area contributed by atoms with Crippen LogP contribution in [-0.4, -0.2) is 22.1 Å². The lowest BCUT2D eigenvalue weighted by atomic mass is 10.1. The Balaban J connectivity index is 1.71. The number of anilines is 2. The zero-order chi connectivity index (χ0) is 18.8. The Bertz CT molecular complexity index is 1070. The number of para-hydroxylation sites is 2. The van der Waals surface area contributed by atoms with E-state index in [2.05, 4.69) is 17.4 Å². The molecule has 0 radical (unpaired) electrons. The minimum atomic E-state index is -0.994. The first-order valence-electron chi connectivity index (χ1n) is 8.73. The quantitative estimate of drug-likeness (QED) is 0.468. The minimum Gasteiger partial charge on any atom is -0.480 e. The van der Waals surface area contributed by atoms with Crippen molar-refractivity contribution in [2.75, 3.05) is 5.32 Å². The van der Waals surface area contributed by atoms with Crippen molar-refractivity contribution in [3.8, 4) is 0 Å². The Labute approximate surface area is 156 Å². The Hall–Kier alpha value is -3.44. The van der Waals surface area contributed by atoms with E-state index < -0.39 is 12.0 Å². The van der Waals surface area contributed by atoms with Gasteiger partial charge in [0.05, 0.1) is 16.7 Å². The number of rotatable bonds is 5. The van der Waals surface area contributed by atoms with Crippen LogP contribution >= 0.6 is 0 Å². The lowest BCUT2D eigenvalue weighted by Crippen LogP contribution is -2.32. The Kier molecular flexibility index (Phi) is 4.44. The molecule has 1 atom stereocenters. The maximum atomic E-state index is 10.9. The van der Waals surface area contributed by atoms with Crippen LogP contribution in [0.25, 0.3) is 21.8 Å². The monoisotopic (exact) mass is 357 g/mol. The van der Waals surface area contributed by atoms with Gasteiger partial charge in [-0.3, -0.25) is 4.79 Å². The fourth-order valence-electron chi connectivity index (χ4n) is 3.18. The van der Waals surface area contributed by atoms with Crippen molar-refractivity contribution >= 4 is 39.1 Å². The van der Waals surface area contributed by atoms with E-state index in [4.69, 9.17) is 15.8 Å². The molecule has 0 aliphatic carbocycles. The first-order valence-corrected chi connectivity index (χ1v) is 8.73. The Morgan fingerprint density at radius 3 is 2.04 bits per heavy atom. The van der Waals surface area contributed by atoms with Crippen LogP contribution in [0.5, 0.6) is 0 Å². The molecule has 4 aromatic rings. The highest BCUT2D eigenvalue weighted by Crippen LogP contribution is 2.32. The molecule has 0 spiro atoms. The second-order valence-electron chi connectivity index (χ2n) is 6.49. The van der Waals surface area contributed by atoms with Crippen LogP contribution in [0.3, 0.4) is 0 Å². The van der Waals surface area contributed by atoms with Crippen molar-refractivity contribution in [1.29, 1.82) is 0 Å². The summed E-state index contributed by atoms with van der Waals surface area (Å²) >= 11 is 0. The van der Waals surface area contributed by atoms with E-state index in [-0.39, 0.29) is 0 Å². The number of carbonyl (C=O) groups is 1. The highest BCUT2D eigenvalue weighted by Gasteiger charge is 2.12. The van der Waals surface area contributed by atoms with E-state index in [0.29, 0.717) is 6.42 Å². The van der Waals surface area contributed by atoms with Crippen molar-refractivity contribution in [3.63, 3.8) is 0 Å². The summed E-state index contributed by atoms with van der Waals surface area (Å²) in [5, 5.41) is 14.6. The number of aliphatic carboxylic acids is 1. The zero-order valence-corrected chi connectivity index (χ0v) is 14.6. The molecule has 5 heteroatoms. The first-order chi connectivity index (χ1) is 13.1. The van der Waals surface area contributed by atoms with E-state index >= 15 is 0 Å². The molecule has 0 fully saturated rings. The van der Waals surface area contributed by atoms with Crippen molar-refractivity contribution < 1.29 is 9.90 Å². The SMILES string of the molecule is N[C@@H](Cc1ccc(Nc2c3ccccc3nc3ccccc23)cc1)C(=O)O. The number of carboxylic acids is 1. The number of carboxylic acid groups (broad SMARTS) is 1. The lowest BCUT2D eigenvalue weighted by Gasteiger charge is -2.14. The third-order valence-electron chi connectivity index (χ3n) is 4.58. The van der Waals surface area contributed by atoms with Gasteiger partial charge in [-0.05, 0) is 36.2 Å². The topological polar surface area (TPSA) is 88.2 Å². The van der Waals surface area contributed by atoms with E-state index in [1.54, 1.807) is 0 Å². The van der Waals surface area contributed by atoms with Crippen molar-refractivity contribution in [1.82, 2.24) is 4.98 Å². The maximum Gasteiger partial charge on any atom is 0.320 e. The highest BCUT2D eigenvalue weighted by atomic mass is 16.4. The van der Waals surface area contributed by atoms with Gasteiger partial charge in [-0.25, -0.2) is 4.98 Å². The summed E-state index contributed by atoms with van der Waals surface area (Å²) in [6.07, 6.45) is 0.302. The molecule has 5 nitrogen and oxygen atoms in total. The molecule has 4 N–H and O–H groups in total. The summed E-state index contributed by atoms with van der Waals surface area (Å²) in [5.74, 6) is -0.994. The molecule has 27 heavy (non-hydrogen) atoms. The predicted molar refractivity (Wildman–Crippen MR) is 108 cm³/mol. The standard InChI is InChI=1S/C22H19N3O2/c23-18(22(26)27)13-14-9-11-15(12-10-14)24-21-16-5-1-3-7-19(16)25-20-8-4-2-6-17(20)21/h1-12,18H,13,23H2,(H,24,25)(H,26,27)/t18-/m0/s1. The van der Waals surface area contributed by atoms with Gasteiger partial charge < -0.3 is 16.2 Å². The van der Waals surface area contributed by atoms with Crippen LogP contribution in [0.4, 0.5) is 11.4 Å².